The summed E-state index contributed by atoms with van der Waals surface area (Å²) in [5.41, 5.74) is 0. The van der Waals surface area contributed by atoms with E-state index < -0.39 is 0 Å². The molecule has 1 amide bonds. The lowest BCUT2D eigenvalue weighted by Gasteiger charge is -2.26. The number of carbonyl (C=O) groups is 1. The van der Waals surface area contributed by atoms with Gasteiger partial charge >= 0.3 is 0 Å². The van der Waals surface area contributed by atoms with Crippen LogP contribution in [0.2, 0.25) is 0 Å². The number of nitrogens with one attached hydrogen (secondary N) is 2. The van der Waals surface area contributed by atoms with Crippen LogP contribution in [-0.4, -0.2) is 73.5 Å². The van der Waals surface area contributed by atoms with Gasteiger partial charge in [-0.1, -0.05) is 12.8 Å². The number of hydrogen-bond donors (Lipinski definition) is 2. The average Bonchev–Trinajstić information content (AvgIpc) is 3.12. The molecule has 2 unspecified atom stereocenters. The van der Waals surface area contributed by atoms with Crippen LogP contribution in [0.15, 0.2) is 4.99 Å². The number of guanidine groups is 1. The number of carbonyl (C=O) groups excluding carboxylic acids is 1. The Hall–Kier alpha value is -0.570. The second kappa shape index (κ2) is 10.1. The number of likely N-dealkylation sites (tertiary alicyclic amines) is 1. The molecular weight excluding hydrogens is 441 g/mol. The minimum atomic E-state index is 0. The minimum Gasteiger partial charge on any atom is -0.355 e. The van der Waals surface area contributed by atoms with Gasteiger partial charge in [-0.15, -0.1) is 24.0 Å². The van der Waals surface area contributed by atoms with Crippen molar-refractivity contribution in [1.82, 2.24) is 20.4 Å². The van der Waals surface area contributed by atoms with Crippen LogP contribution in [0.25, 0.3) is 0 Å². The lowest BCUT2D eigenvalue weighted by molar-refractivity contribution is -0.134. The van der Waals surface area contributed by atoms with Crippen LogP contribution in [0, 0.1) is 5.92 Å². The summed E-state index contributed by atoms with van der Waals surface area (Å²) in [6.07, 6.45) is 8.29. The van der Waals surface area contributed by atoms with Gasteiger partial charge in [-0.05, 0) is 46.1 Å². The van der Waals surface area contributed by atoms with E-state index in [4.69, 9.17) is 0 Å². The molecule has 0 aromatic carbocycles. The predicted molar refractivity (Wildman–Crippen MR) is 117 cm³/mol. The Kier molecular flexibility index (Phi) is 8.44. The highest BCUT2D eigenvalue weighted by Crippen LogP contribution is 2.28. The van der Waals surface area contributed by atoms with Crippen LogP contribution in [0.5, 0.6) is 0 Å². The summed E-state index contributed by atoms with van der Waals surface area (Å²) >= 11 is 0. The number of rotatable bonds is 6. The molecule has 2 saturated carbocycles. The van der Waals surface area contributed by atoms with E-state index in [0.717, 1.165) is 50.9 Å². The summed E-state index contributed by atoms with van der Waals surface area (Å²) < 4.78 is 0. The fourth-order valence-electron chi connectivity index (χ4n) is 4.13. The molecule has 0 aromatic rings. The zero-order valence-electron chi connectivity index (χ0n) is 16.5. The van der Waals surface area contributed by atoms with Gasteiger partial charge < -0.3 is 15.5 Å². The summed E-state index contributed by atoms with van der Waals surface area (Å²) in [6, 6.07) is 1.58. The van der Waals surface area contributed by atoms with E-state index in [2.05, 4.69) is 39.4 Å². The minimum absolute atomic E-state index is 0. The van der Waals surface area contributed by atoms with E-state index in [1.807, 2.05) is 7.05 Å². The van der Waals surface area contributed by atoms with Crippen LogP contribution in [0.1, 0.15) is 51.9 Å². The van der Waals surface area contributed by atoms with Crippen molar-refractivity contribution < 1.29 is 4.79 Å². The van der Waals surface area contributed by atoms with Gasteiger partial charge in [0.1, 0.15) is 0 Å². The maximum Gasteiger partial charge on any atom is 0.225 e. The molecular formula is C19H36IN5O. The van der Waals surface area contributed by atoms with Gasteiger partial charge in [0.25, 0.3) is 0 Å². The normalized spacial score (nSPS) is 25.3. The lowest BCUT2D eigenvalue weighted by Crippen LogP contribution is -2.49. The number of likely N-dealkylation sites (N-methyl/N-ethyl adjacent to an activating group) is 1. The molecule has 2 atom stereocenters. The molecule has 1 aliphatic heterocycles. The Morgan fingerprint density at radius 2 is 1.92 bits per heavy atom. The van der Waals surface area contributed by atoms with Gasteiger partial charge in [0.2, 0.25) is 5.91 Å². The van der Waals surface area contributed by atoms with Crippen molar-refractivity contribution in [2.75, 3.05) is 33.7 Å². The van der Waals surface area contributed by atoms with E-state index in [1.165, 1.54) is 25.7 Å². The predicted octanol–water partition coefficient (Wildman–Crippen LogP) is 2.04. The summed E-state index contributed by atoms with van der Waals surface area (Å²) in [6.45, 7) is 4.85. The van der Waals surface area contributed by atoms with Crippen molar-refractivity contribution in [2.45, 2.75) is 70.0 Å². The van der Waals surface area contributed by atoms with Crippen LogP contribution < -0.4 is 10.6 Å². The topological polar surface area (TPSA) is 60.0 Å². The van der Waals surface area contributed by atoms with Gasteiger partial charge in [-0.3, -0.25) is 14.7 Å². The summed E-state index contributed by atoms with van der Waals surface area (Å²) in [5, 5.41) is 6.96. The van der Waals surface area contributed by atoms with E-state index in [9.17, 15) is 4.79 Å². The molecule has 0 radical (unpaired) electrons. The molecule has 0 aromatic heterocycles. The molecule has 3 rings (SSSR count). The molecule has 6 nitrogen and oxygen atoms in total. The molecule has 26 heavy (non-hydrogen) atoms. The summed E-state index contributed by atoms with van der Waals surface area (Å²) in [5.74, 6) is 1.52. The third-order valence-electron chi connectivity index (χ3n) is 6.15. The highest BCUT2D eigenvalue weighted by molar-refractivity contribution is 14.0. The molecule has 7 heteroatoms. The van der Waals surface area contributed by atoms with Crippen LogP contribution in [0.3, 0.4) is 0 Å². The molecule has 0 spiro atoms. The second-order valence-corrected chi connectivity index (χ2v) is 8.09. The number of hydrogen-bond acceptors (Lipinski definition) is 3. The highest BCUT2D eigenvalue weighted by Gasteiger charge is 2.33. The summed E-state index contributed by atoms with van der Waals surface area (Å²) in [4.78, 5) is 21.4. The molecule has 3 aliphatic rings. The van der Waals surface area contributed by atoms with Crippen LogP contribution >= 0.6 is 24.0 Å². The number of nitrogens with zero attached hydrogens (tertiary/aromatic N) is 3. The van der Waals surface area contributed by atoms with Crippen LogP contribution in [-0.2, 0) is 4.79 Å². The largest absolute Gasteiger partial charge is 0.355 e. The van der Waals surface area contributed by atoms with E-state index in [-0.39, 0.29) is 29.9 Å². The van der Waals surface area contributed by atoms with Crippen molar-refractivity contribution in [3.8, 4) is 0 Å². The van der Waals surface area contributed by atoms with E-state index in [0.29, 0.717) is 18.0 Å². The number of halogens is 1. The zero-order valence-corrected chi connectivity index (χ0v) is 18.9. The van der Waals surface area contributed by atoms with Crippen molar-refractivity contribution in [3.05, 3.63) is 0 Å². The Balaban J connectivity index is 0.00000243. The van der Waals surface area contributed by atoms with E-state index >= 15 is 0 Å². The Morgan fingerprint density at radius 3 is 2.54 bits per heavy atom. The lowest BCUT2D eigenvalue weighted by atomic mass is 10.1. The average molecular weight is 477 g/mol. The second-order valence-electron chi connectivity index (χ2n) is 8.09. The number of amides is 1. The Labute approximate surface area is 175 Å². The van der Waals surface area contributed by atoms with Crippen molar-refractivity contribution >= 4 is 35.8 Å². The summed E-state index contributed by atoms with van der Waals surface area (Å²) in [7, 11) is 4.03. The standard InChI is InChI=1S/C19H35N5O.HI/c1-14(23(3)17-8-9-17)12-21-19(20-2)22-16-10-11-24(13-16)18(25)15-6-4-5-7-15;/h14-17H,4-13H2,1-3H3,(H2,20,21,22);1H. The first kappa shape index (κ1) is 21.7. The maximum atomic E-state index is 12.6. The first-order valence-corrected chi connectivity index (χ1v) is 10.1. The maximum absolute atomic E-state index is 12.6. The Bertz CT molecular complexity index is 490. The van der Waals surface area contributed by atoms with Crippen molar-refractivity contribution in [2.24, 2.45) is 10.9 Å². The fourth-order valence-corrected chi connectivity index (χ4v) is 4.13. The monoisotopic (exact) mass is 477 g/mol. The molecule has 0 bridgehead atoms. The van der Waals surface area contributed by atoms with Crippen molar-refractivity contribution in [1.29, 1.82) is 0 Å². The molecule has 2 N–H and O–H groups in total. The van der Waals surface area contributed by atoms with Gasteiger partial charge in [0, 0.05) is 50.7 Å². The molecule has 1 heterocycles. The highest BCUT2D eigenvalue weighted by atomic mass is 127. The van der Waals surface area contributed by atoms with E-state index in [1.54, 1.807) is 0 Å². The van der Waals surface area contributed by atoms with Gasteiger partial charge in [-0.25, -0.2) is 0 Å². The molecule has 1 saturated heterocycles. The molecule has 150 valence electrons. The third-order valence-corrected chi connectivity index (χ3v) is 6.15. The quantitative estimate of drug-likeness (QED) is 0.349. The molecule has 2 aliphatic carbocycles. The first-order chi connectivity index (χ1) is 12.1. The number of aliphatic imine (C=N–C) groups is 1. The van der Waals surface area contributed by atoms with Crippen LogP contribution in [0.4, 0.5) is 0 Å². The Morgan fingerprint density at radius 1 is 1.23 bits per heavy atom. The zero-order chi connectivity index (χ0) is 17.8. The first-order valence-electron chi connectivity index (χ1n) is 10.1. The molecule has 3 fully saturated rings. The SMILES string of the molecule is CN=C(NCC(C)N(C)C1CC1)NC1CCN(C(=O)C2CCCC2)C1.I. The fraction of sp³-hybridized carbons (Fsp3) is 0.895. The third kappa shape index (κ3) is 5.71. The van der Waals surface area contributed by atoms with Gasteiger partial charge in [-0.2, -0.15) is 0 Å². The van der Waals surface area contributed by atoms with Gasteiger partial charge in [0.05, 0.1) is 0 Å². The smallest absolute Gasteiger partial charge is 0.225 e. The van der Waals surface area contributed by atoms with Crippen molar-refractivity contribution in [3.63, 3.8) is 0 Å². The van der Waals surface area contributed by atoms with Gasteiger partial charge in [0.15, 0.2) is 5.96 Å².